The second-order valence-corrected chi connectivity index (χ2v) is 10.0. The maximum absolute atomic E-state index is 8.46. The Morgan fingerprint density at radius 3 is 1.71 bits per heavy atom. The van der Waals surface area contributed by atoms with Crippen LogP contribution in [-0.4, -0.2) is 9.55 Å². The highest BCUT2D eigenvalue weighted by atomic mass is 15.1. The smallest absolute Gasteiger partial charge is 0.145 e. The normalized spacial score (nSPS) is 13.1. The average Bonchev–Trinajstić information content (AvgIpc) is 3.49. The first-order valence-corrected chi connectivity index (χ1v) is 13.6. The molecular formula is C39H26N2. The summed E-state index contributed by atoms with van der Waals surface area (Å²) in [6, 6.07) is 41.5. The van der Waals surface area contributed by atoms with Gasteiger partial charge in [-0.05, 0) is 45.2 Å². The second kappa shape index (κ2) is 9.62. The molecule has 0 N–H and O–H groups in total. The fourth-order valence-corrected chi connectivity index (χ4v) is 5.89. The molecule has 7 aromatic carbocycles. The van der Waals surface area contributed by atoms with Crippen molar-refractivity contribution in [1.29, 1.82) is 0 Å². The Hall–Kier alpha value is -5.47. The summed E-state index contributed by atoms with van der Waals surface area (Å²) in [6.07, 6.45) is 0. The van der Waals surface area contributed by atoms with Crippen molar-refractivity contribution in [1.82, 2.24) is 9.55 Å². The predicted octanol–water partition coefficient (Wildman–Crippen LogP) is 10.3. The lowest BCUT2D eigenvalue weighted by atomic mass is 9.89. The van der Waals surface area contributed by atoms with E-state index in [0.717, 1.165) is 60.8 Å². The van der Waals surface area contributed by atoms with E-state index >= 15 is 0 Å². The molecule has 192 valence electrons. The quantitative estimate of drug-likeness (QED) is 0.208. The van der Waals surface area contributed by atoms with Crippen molar-refractivity contribution in [2.45, 2.75) is 0 Å². The Morgan fingerprint density at radius 1 is 0.463 bits per heavy atom. The van der Waals surface area contributed by atoms with Crippen molar-refractivity contribution >= 4 is 32.6 Å². The first-order chi connectivity index (χ1) is 22.4. The molecule has 2 heteroatoms. The van der Waals surface area contributed by atoms with Crippen LogP contribution in [-0.2, 0) is 0 Å². The van der Waals surface area contributed by atoms with E-state index in [1.165, 1.54) is 0 Å². The van der Waals surface area contributed by atoms with Gasteiger partial charge < -0.3 is 0 Å². The van der Waals surface area contributed by atoms with Crippen LogP contribution < -0.4 is 0 Å². The van der Waals surface area contributed by atoms with Crippen molar-refractivity contribution < 1.29 is 6.85 Å². The van der Waals surface area contributed by atoms with Crippen molar-refractivity contribution in [2.24, 2.45) is 0 Å². The van der Waals surface area contributed by atoms with Gasteiger partial charge in [-0.1, -0.05) is 145 Å². The minimum atomic E-state index is -0.394. The van der Waals surface area contributed by atoms with Crippen LogP contribution in [0.5, 0.6) is 0 Å². The number of para-hydroxylation sites is 2. The van der Waals surface area contributed by atoms with Crippen molar-refractivity contribution in [3.63, 3.8) is 0 Å². The molecule has 8 aromatic rings. The molecule has 2 nitrogen and oxygen atoms in total. The van der Waals surface area contributed by atoms with Crippen molar-refractivity contribution in [3.8, 4) is 39.3 Å². The molecule has 0 fully saturated rings. The molecule has 0 aliphatic heterocycles. The van der Waals surface area contributed by atoms with Crippen LogP contribution in [0.3, 0.4) is 0 Å². The highest BCUT2D eigenvalue weighted by Crippen LogP contribution is 2.43. The van der Waals surface area contributed by atoms with Gasteiger partial charge in [0.25, 0.3) is 0 Å². The van der Waals surface area contributed by atoms with Crippen LogP contribution in [0.4, 0.5) is 0 Å². The zero-order valence-electron chi connectivity index (χ0n) is 27.0. The molecule has 0 saturated carbocycles. The Labute approximate surface area is 245 Å². The van der Waals surface area contributed by atoms with Crippen LogP contribution in [0, 0.1) is 0 Å². The van der Waals surface area contributed by atoms with Crippen LogP contribution in [0.2, 0.25) is 0 Å². The first-order valence-electron chi connectivity index (χ1n) is 16.1. The molecule has 0 radical (unpaired) electrons. The zero-order valence-corrected chi connectivity index (χ0v) is 22.0. The van der Waals surface area contributed by atoms with E-state index in [0.29, 0.717) is 5.56 Å². The molecule has 0 saturated heterocycles. The van der Waals surface area contributed by atoms with E-state index < -0.39 is 6.04 Å². The number of nitrogens with zero attached hydrogens (tertiary/aromatic N) is 2. The summed E-state index contributed by atoms with van der Waals surface area (Å²) in [5, 5.41) is 4.30. The van der Waals surface area contributed by atoms with Gasteiger partial charge in [-0.2, -0.15) is 0 Å². The summed E-state index contributed by atoms with van der Waals surface area (Å²) in [5.74, 6) is 0.868. The minimum Gasteiger partial charge on any atom is -0.291 e. The molecular weight excluding hydrogens is 496 g/mol. The Bertz CT molecular complexity index is 2380. The van der Waals surface area contributed by atoms with E-state index in [1.54, 1.807) is 0 Å². The summed E-state index contributed by atoms with van der Waals surface area (Å²) in [4.78, 5) is 5.12. The summed E-state index contributed by atoms with van der Waals surface area (Å²) in [7, 11) is 0. The largest absolute Gasteiger partial charge is 0.291 e. The fraction of sp³-hybridized carbons (Fsp3) is 0. The van der Waals surface area contributed by atoms with Gasteiger partial charge in [-0.3, -0.25) is 4.57 Å². The third-order valence-corrected chi connectivity index (χ3v) is 7.68. The van der Waals surface area contributed by atoms with Gasteiger partial charge in [-0.25, -0.2) is 4.98 Å². The van der Waals surface area contributed by atoms with E-state index in [-0.39, 0.29) is 29.7 Å². The van der Waals surface area contributed by atoms with E-state index in [2.05, 4.69) is 71.3 Å². The van der Waals surface area contributed by atoms with Crippen LogP contribution >= 0.6 is 0 Å². The molecule has 0 unspecified atom stereocenters. The molecule has 8 rings (SSSR count). The SMILES string of the molecule is [2H]c1c([2H])c([2H])c(-c2ccc(-c3c4ccccc4c(-n4c(-c5ccccc5)nc5ccccc54)c4ccccc34)cc2)c([2H])c1[2H]. The number of aromatic nitrogens is 2. The number of benzene rings is 7. The van der Waals surface area contributed by atoms with Crippen LogP contribution in [0.25, 0.3) is 71.9 Å². The third-order valence-electron chi connectivity index (χ3n) is 7.68. The summed E-state index contributed by atoms with van der Waals surface area (Å²) >= 11 is 0. The van der Waals surface area contributed by atoms with Gasteiger partial charge in [0.2, 0.25) is 0 Å². The third kappa shape index (κ3) is 3.84. The maximum atomic E-state index is 8.46. The number of hydrogen-bond donors (Lipinski definition) is 0. The predicted molar refractivity (Wildman–Crippen MR) is 172 cm³/mol. The maximum Gasteiger partial charge on any atom is 0.145 e. The van der Waals surface area contributed by atoms with Crippen LogP contribution in [0.1, 0.15) is 6.85 Å². The van der Waals surface area contributed by atoms with Gasteiger partial charge in [-0.15, -0.1) is 0 Å². The molecule has 0 bridgehead atoms. The molecule has 1 heterocycles. The highest BCUT2D eigenvalue weighted by Gasteiger charge is 2.21. The number of hydrogen-bond acceptors (Lipinski definition) is 1. The Kier molecular flexibility index (Phi) is 4.40. The lowest BCUT2D eigenvalue weighted by molar-refractivity contribution is 1.13. The molecule has 41 heavy (non-hydrogen) atoms. The van der Waals surface area contributed by atoms with Crippen molar-refractivity contribution in [2.75, 3.05) is 0 Å². The Morgan fingerprint density at radius 2 is 1.02 bits per heavy atom. The average molecular weight is 528 g/mol. The van der Waals surface area contributed by atoms with E-state index in [4.69, 9.17) is 11.8 Å². The second-order valence-electron chi connectivity index (χ2n) is 10.0. The number of imidazole rings is 1. The first kappa shape index (κ1) is 18.8. The standard InChI is InChI=1S/C39H26N2/c1-3-13-27(14-4-1)28-23-25-29(26-24-28)37-31-17-7-9-19-33(31)38(34-20-10-8-18-32(34)37)41-36-22-12-11-21-35(36)40-39(41)30-15-5-2-6-16-30/h1-26H/i1D,3D,4D,13D,14D. The van der Waals surface area contributed by atoms with Gasteiger partial charge in [0.15, 0.2) is 0 Å². The van der Waals surface area contributed by atoms with Gasteiger partial charge in [0.1, 0.15) is 5.82 Å². The lowest BCUT2D eigenvalue weighted by Gasteiger charge is -2.20. The molecule has 0 amide bonds. The Balaban J connectivity index is 1.41. The van der Waals surface area contributed by atoms with Crippen molar-refractivity contribution in [3.05, 3.63) is 158 Å². The van der Waals surface area contributed by atoms with Crippen LogP contribution in [0.15, 0.2) is 158 Å². The van der Waals surface area contributed by atoms with Gasteiger partial charge in [0.05, 0.1) is 23.6 Å². The number of fused-ring (bicyclic) bond motifs is 3. The topological polar surface area (TPSA) is 17.8 Å². The minimum absolute atomic E-state index is 0.197. The molecule has 0 spiro atoms. The summed E-state index contributed by atoms with van der Waals surface area (Å²) in [5.41, 5.74) is 6.82. The zero-order chi connectivity index (χ0) is 31.5. The summed E-state index contributed by atoms with van der Waals surface area (Å²) in [6.45, 7) is 0. The molecule has 0 aliphatic carbocycles. The summed E-state index contributed by atoms with van der Waals surface area (Å²) < 4.78 is 43.4. The van der Waals surface area contributed by atoms with E-state index in [1.807, 2.05) is 60.7 Å². The van der Waals surface area contributed by atoms with Gasteiger partial charge >= 0.3 is 0 Å². The molecule has 0 aliphatic rings. The highest BCUT2D eigenvalue weighted by molar-refractivity contribution is 6.19. The molecule has 1 aromatic heterocycles. The fourth-order valence-electron chi connectivity index (χ4n) is 5.89. The number of rotatable bonds is 4. The van der Waals surface area contributed by atoms with E-state index in [9.17, 15) is 0 Å². The lowest BCUT2D eigenvalue weighted by Crippen LogP contribution is -2.01. The van der Waals surface area contributed by atoms with Gasteiger partial charge in [0, 0.05) is 16.3 Å². The monoisotopic (exact) mass is 527 g/mol. The molecule has 0 atom stereocenters.